The SMILES string of the molecule is C=Cc1c(/C=C\C)n(-c2ccc(-c3ccc4c(=O)c5cc(-c6ccc(-n7c8ccccc8c8ccccc87)cc6)ccc5sc4c3)cc2)c2ccccc12. The molecule has 0 bridgehead atoms. The molecule has 10 rings (SSSR count). The lowest BCUT2D eigenvalue weighted by Crippen LogP contribution is -2.01. The van der Waals surface area contributed by atoms with Crippen molar-refractivity contribution in [1.82, 2.24) is 9.13 Å². The zero-order valence-electron chi connectivity index (χ0n) is 29.7. The Bertz CT molecular complexity index is 3140. The van der Waals surface area contributed by atoms with Crippen LogP contribution in [-0.2, 0) is 0 Å². The summed E-state index contributed by atoms with van der Waals surface area (Å²) in [5.41, 5.74) is 12.3. The van der Waals surface area contributed by atoms with Crippen LogP contribution in [0.5, 0.6) is 0 Å². The Hall–Kier alpha value is -6.75. The number of hydrogen-bond acceptors (Lipinski definition) is 2. The largest absolute Gasteiger partial charge is 0.309 e. The zero-order valence-corrected chi connectivity index (χ0v) is 30.5. The van der Waals surface area contributed by atoms with Crippen molar-refractivity contribution in [2.75, 3.05) is 0 Å². The van der Waals surface area contributed by atoms with Gasteiger partial charge in [-0.2, -0.15) is 0 Å². The van der Waals surface area contributed by atoms with Gasteiger partial charge in [-0.25, -0.2) is 0 Å². The number of para-hydroxylation sites is 3. The second-order valence-corrected chi connectivity index (χ2v) is 14.8. The standard InChI is InChI=1S/C50H34N2OS/c1-3-11-44-38(4-2)39-12-5-8-15-45(39)51(44)36-26-20-33(21-27-36)35-22-28-42-49(31-35)54-48-29-23-34(30-43(48)50(42)53)32-18-24-37(25-19-32)52-46-16-9-6-13-40(46)41-14-7-10-17-47(41)52/h3-31H,2H2,1H3/b11-3-. The Morgan fingerprint density at radius 1 is 0.500 bits per heavy atom. The van der Waals surface area contributed by atoms with Crippen molar-refractivity contribution >= 4 is 76.4 Å². The molecule has 0 radical (unpaired) electrons. The Labute approximate surface area is 316 Å². The molecular weight excluding hydrogens is 677 g/mol. The first kappa shape index (κ1) is 31.9. The van der Waals surface area contributed by atoms with Crippen LogP contribution in [0.2, 0.25) is 0 Å². The van der Waals surface area contributed by atoms with Crippen LogP contribution in [0.1, 0.15) is 18.2 Å². The minimum absolute atomic E-state index is 0.0680. The summed E-state index contributed by atoms with van der Waals surface area (Å²) < 4.78 is 6.59. The third kappa shape index (κ3) is 4.99. The van der Waals surface area contributed by atoms with Crippen LogP contribution in [0.15, 0.2) is 175 Å². The maximum Gasteiger partial charge on any atom is 0.195 e. The normalized spacial score (nSPS) is 11.9. The van der Waals surface area contributed by atoms with Crippen LogP contribution in [0.3, 0.4) is 0 Å². The molecule has 10 aromatic rings. The molecule has 0 aliphatic carbocycles. The molecule has 256 valence electrons. The molecule has 3 nitrogen and oxygen atoms in total. The molecule has 0 amide bonds. The molecule has 3 aromatic heterocycles. The quantitative estimate of drug-likeness (QED) is 0.158. The summed E-state index contributed by atoms with van der Waals surface area (Å²) in [5.74, 6) is 0. The van der Waals surface area contributed by atoms with Gasteiger partial charge in [-0.1, -0.05) is 110 Å². The smallest absolute Gasteiger partial charge is 0.195 e. The summed E-state index contributed by atoms with van der Waals surface area (Å²) in [6.45, 7) is 6.15. The van der Waals surface area contributed by atoms with Gasteiger partial charge in [0.25, 0.3) is 0 Å². The van der Waals surface area contributed by atoms with Gasteiger partial charge in [-0.15, -0.1) is 11.3 Å². The highest BCUT2D eigenvalue weighted by atomic mass is 32.1. The van der Waals surface area contributed by atoms with Crippen LogP contribution in [0.4, 0.5) is 0 Å². The van der Waals surface area contributed by atoms with Gasteiger partial charge >= 0.3 is 0 Å². The second-order valence-electron chi connectivity index (χ2n) is 13.7. The molecular formula is C50H34N2OS. The van der Waals surface area contributed by atoms with E-state index >= 15 is 0 Å². The molecule has 0 fully saturated rings. The monoisotopic (exact) mass is 710 g/mol. The van der Waals surface area contributed by atoms with E-state index in [0.717, 1.165) is 70.6 Å². The molecule has 54 heavy (non-hydrogen) atoms. The predicted octanol–water partition coefficient (Wildman–Crippen LogP) is 13.5. The van der Waals surface area contributed by atoms with Crippen LogP contribution in [0, 0.1) is 0 Å². The van der Waals surface area contributed by atoms with Crippen LogP contribution < -0.4 is 5.43 Å². The summed E-state index contributed by atoms with van der Waals surface area (Å²) in [7, 11) is 0. The van der Waals surface area contributed by atoms with E-state index in [4.69, 9.17) is 0 Å². The van der Waals surface area contributed by atoms with E-state index in [0.29, 0.717) is 0 Å². The van der Waals surface area contributed by atoms with Crippen molar-refractivity contribution in [2.45, 2.75) is 6.92 Å². The molecule has 7 aromatic carbocycles. The Balaban J connectivity index is 0.984. The number of aromatic nitrogens is 2. The molecule has 0 aliphatic rings. The molecule has 3 heterocycles. The van der Waals surface area contributed by atoms with Crippen molar-refractivity contribution in [3.05, 3.63) is 192 Å². The van der Waals surface area contributed by atoms with Gasteiger partial charge in [0.05, 0.1) is 22.2 Å². The van der Waals surface area contributed by atoms with Gasteiger partial charge in [0.1, 0.15) is 0 Å². The fourth-order valence-electron chi connectivity index (χ4n) is 8.12. The van der Waals surface area contributed by atoms with Crippen LogP contribution in [-0.4, -0.2) is 9.13 Å². The number of fused-ring (bicyclic) bond motifs is 6. The fourth-order valence-corrected chi connectivity index (χ4v) is 9.21. The van der Waals surface area contributed by atoms with E-state index in [2.05, 4.69) is 180 Å². The van der Waals surface area contributed by atoms with Gasteiger partial charge in [0.15, 0.2) is 5.43 Å². The van der Waals surface area contributed by atoms with E-state index in [1.807, 2.05) is 19.1 Å². The summed E-state index contributed by atoms with van der Waals surface area (Å²) in [5, 5.41) is 5.18. The van der Waals surface area contributed by atoms with Crippen LogP contribution >= 0.6 is 11.3 Å². The van der Waals surface area contributed by atoms with E-state index in [1.54, 1.807) is 11.3 Å². The number of rotatable bonds is 6. The average molecular weight is 711 g/mol. The van der Waals surface area contributed by atoms with E-state index in [-0.39, 0.29) is 5.43 Å². The van der Waals surface area contributed by atoms with Gasteiger partial charge in [-0.3, -0.25) is 4.79 Å². The van der Waals surface area contributed by atoms with Gasteiger partial charge < -0.3 is 9.13 Å². The average Bonchev–Trinajstić information content (AvgIpc) is 3.73. The maximum atomic E-state index is 14.0. The van der Waals surface area contributed by atoms with Gasteiger partial charge in [-0.05, 0) is 102 Å². The lowest BCUT2D eigenvalue weighted by atomic mass is 10.0. The predicted molar refractivity (Wildman–Crippen MR) is 232 cm³/mol. The summed E-state index contributed by atoms with van der Waals surface area (Å²) in [6, 6.07) is 55.4. The lowest BCUT2D eigenvalue weighted by Gasteiger charge is -2.11. The number of hydrogen-bond donors (Lipinski definition) is 0. The van der Waals surface area contributed by atoms with E-state index in [1.165, 1.54) is 27.2 Å². The highest BCUT2D eigenvalue weighted by Crippen LogP contribution is 2.36. The van der Waals surface area contributed by atoms with E-state index < -0.39 is 0 Å². The zero-order chi connectivity index (χ0) is 36.3. The molecule has 0 saturated carbocycles. The maximum absolute atomic E-state index is 14.0. The van der Waals surface area contributed by atoms with Crippen molar-refractivity contribution < 1.29 is 0 Å². The third-order valence-corrected chi connectivity index (χ3v) is 11.8. The first-order valence-electron chi connectivity index (χ1n) is 18.2. The Morgan fingerprint density at radius 3 is 1.63 bits per heavy atom. The fraction of sp³-hybridized carbons (Fsp3) is 0.0200. The lowest BCUT2D eigenvalue weighted by molar-refractivity contribution is 1.10. The molecule has 0 unspecified atom stereocenters. The van der Waals surface area contributed by atoms with Gasteiger partial charge in [0.2, 0.25) is 0 Å². The van der Waals surface area contributed by atoms with Crippen LogP contribution in [0.25, 0.3) is 98.7 Å². The molecule has 0 aliphatic heterocycles. The Kier molecular flexibility index (Phi) is 7.53. The summed E-state index contributed by atoms with van der Waals surface area (Å²) in [6.07, 6.45) is 6.16. The first-order valence-corrected chi connectivity index (χ1v) is 19.0. The topological polar surface area (TPSA) is 26.9 Å². The molecule has 0 saturated heterocycles. The molecule has 0 N–H and O–H groups in total. The highest BCUT2D eigenvalue weighted by molar-refractivity contribution is 7.24. The molecule has 0 spiro atoms. The van der Waals surface area contributed by atoms with Gasteiger partial charge in [0, 0.05) is 53.3 Å². The minimum Gasteiger partial charge on any atom is -0.309 e. The number of benzene rings is 7. The van der Waals surface area contributed by atoms with Crippen molar-refractivity contribution in [1.29, 1.82) is 0 Å². The van der Waals surface area contributed by atoms with Crippen molar-refractivity contribution in [3.8, 4) is 33.6 Å². The third-order valence-electron chi connectivity index (χ3n) is 10.6. The molecule has 0 atom stereocenters. The second kappa shape index (κ2) is 12.7. The van der Waals surface area contributed by atoms with Crippen molar-refractivity contribution in [3.63, 3.8) is 0 Å². The Morgan fingerprint density at radius 2 is 1.02 bits per heavy atom. The summed E-state index contributed by atoms with van der Waals surface area (Å²) >= 11 is 1.67. The van der Waals surface area contributed by atoms with Crippen molar-refractivity contribution in [2.24, 2.45) is 0 Å². The number of nitrogens with zero attached hydrogens (tertiary/aromatic N) is 2. The first-order chi connectivity index (χ1) is 26.6. The number of allylic oxidation sites excluding steroid dienone is 1. The minimum atomic E-state index is 0.0680. The molecule has 4 heteroatoms. The summed E-state index contributed by atoms with van der Waals surface area (Å²) in [4.78, 5) is 14.0. The van der Waals surface area contributed by atoms with E-state index in [9.17, 15) is 4.79 Å². The highest BCUT2D eigenvalue weighted by Gasteiger charge is 2.16.